The first-order valence-corrected chi connectivity index (χ1v) is 7.24. The number of hydrogen-bond acceptors (Lipinski definition) is 3. The van der Waals surface area contributed by atoms with Crippen LogP contribution in [0.15, 0.2) is 36.4 Å². The normalized spacial score (nSPS) is 10.4. The van der Waals surface area contributed by atoms with Crippen molar-refractivity contribution in [1.29, 1.82) is 0 Å². The maximum absolute atomic E-state index is 12.4. The molecule has 0 fully saturated rings. The van der Waals surface area contributed by atoms with Gasteiger partial charge in [0.25, 0.3) is 0 Å². The predicted molar refractivity (Wildman–Crippen MR) is 83.8 cm³/mol. The zero-order valence-corrected chi connectivity index (χ0v) is 12.9. The average molecular weight is 325 g/mol. The van der Waals surface area contributed by atoms with E-state index in [2.05, 4.69) is 0 Å². The third kappa shape index (κ3) is 3.69. The molecular formula is C16H14Cl2O3. The fraction of sp³-hybridized carbons (Fsp3) is 0.188. The molecule has 0 aliphatic rings. The standard InChI is InChI=1S/C16H14Cl2O3/c1-2-7-21-11-4-6-13(15(19)9-11)16(20)12-5-3-10(17)8-14(12)18/h3-6,8-9,19H,2,7H2,1H3. The maximum Gasteiger partial charge on any atom is 0.198 e. The number of halogens is 2. The van der Waals surface area contributed by atoms with E-state index >= 15 is 0 Å². The summed E-state index contributed by atoms with van der Waals surface area (Å²) >= 11 is 11.8. The lowest BCUT2D eigenvalue weighted by atomic mass is 10.0. The van der Waals surface area contributed by atoms with Crippen molar-refractivity contribution < 1.29 is 14.6 Å². The van der Waals surface area contributed by atoms with E-state index in [0.29, 0.717) is 22.9 Å². The van der Waals surface area contributed by atoms with Gasteiger partial charge in [-0.1, -0.05) is 30.1 Å². The second kappa shape index (κ2) is 6.83. The SMILES string of the molecule is CCCOc1ccc(C(=O)c2ccc(Cl)cc2Cl)c(O)c1. The van der Waals surface area contributed by atoms with Crippen LogP contribution in [-0.2, 0) is 0 Å². The average Bonchev–Trinajstić information content (AvgIpc) is 2.44. The molecule has 0 aliphatic carbocycles. The molecule has 0 amide bonds. The number of rotatable bonds is 5. The minimum Gasteiger partial charge on any atom is -0.507 e. The first-order chi connectivity index (χ1) is 10.0. The number of phenols is 1. The lowest BCUT2D eigenvalue weighted by molar-refractivity contribution is 0.103. The van der Waals surface area contributed by atoms with Gasteiger partial charge < -0.3 is 9.84 Å². The van der Waals surface area contributed by atoms with Crippen LogP contribution in [0.25, 0.3) is 0 Å². The zero-order chi connectivity index (χ0) is 15.4. The van der Waals surface area contributed by atoms with Crippen LogP contribution in [0.1, 0.15) is 29.3 Å². The molecular weight excluding hydrogens is 311 g/mol. The number of ether oxygens (including phenoxy) is 1. The Kier molecular flexibility index (Phi) is 5.10. The van der Waals surface area contributed by atoms with E-state index in [9.17, 15) is 9.90 Å². The molecule has 21 heavy (non-hydrogen) atoms. The number of aromatic hydroxyl groups is 1. The molecule has 110 valence electrons. The summed E-state index contributed by atoms with van der Waals surface area (Å²) in [4.78, 5) is 12.4. The number of carbonyl (C=O) groups excluding carboxylic acids is 1. The fourth-order valence-corrected chi connectivity index (χ4v) is 2.33. The van der Waals surface area contributed by atoms with E-state index in [1.165, 1.54) is 24.3 Å². The Bertz CT molecular complexity index is 669. The Hall–Kier alpha value is -1.71. The highest BCUT2D eigenvalue weighted by Crippen LogP contribution is 2.29. The molecule has 2 aromatic carbocycles. The van der Waals surface area contributed by atoms with Crippen molar-refractivity contribution in [1.82, 2.24) is 0 Å². The first-order valence-electron chi connectivity index (χ1n) is 6.48. The summed E-state index contributed by atoms with van der Waals surface area (Å²) in [5, 5.41) is 10.7. The minimum absolute atomic E-state index is 0.139. The molecule has 0 radical (unpaired) electrons. The largest absolute Gasteiger partial charge is 0.507 e. The molecule has 1 N–H and O–H groups in total. The topological polar surface area (TPSA) is 46.5 Å². The van der Waals surface area contributed by atoms with Gasteiger partial charge in [-0.25, -0.2) is 0 Å². The van der Waals surface area contributed by atoms with Gasteiger partial charge in [0.15, 0.2) is 5.78 Å². The first kappa shape index (κ1) is 15.7. The highest BCUT2D eigenvalue weighted by molar-refractivity contribution is 6.37. The molecule has 2 rings (SSSR count). The molecule has 0 spiro atoms. The predicted octanol–water partition coefficient (Wildman–Crippen LogP) is 4.72. The third-order valence-electron chi connectivity index (χ3n) is 2.86. The van der Waals surface area contributed by atoms with E-state index in [-0.39, 0.29) is 22.1 Å². The van der Waals surface area contributed by atoms with Gasteiger partial charge in [-0.15, -0.1) is 0 Å². The van der Waals surface area contributed by atoms with Crippen molar-refractivity contribution in [3.63, 3.8) is 0 Å². The number of hydrogen-bond donors (Lipinski definition) is 1. The van der Waals surface area contributed by atoms with Crippen LogP contribution in [0.3, 0.4) is 0 Å². The maximum atomic E-state index is 12.4. The monoisotopic (exact) mass is 324 g/mol. The molecule has 0 saturated heterocycles. The van der Waals surface area contributed by atoms with Crippen LogP contribution < -0.4 is 4.74 Å². The molecule has 0 heterocycles. The summed E-state index contributed by atoms with van der Waals surface area (Å²) in [6.45, 7) is 2.54. The second-order valence-corrected chi connectivity index (χ2v) is 5.32. The van der Waals surface area contributed by atoms with Gasteiger partial charge in [0.1, 0.15) is 11.5 Å². The van der Waals surface area contributed by atoms with Crippen LogP contribution >= 0.6 is 23.2 Å². The quantitative estimate of drug-likeness (QED) is 0.809. The van der Waals surface area contributed by atoms with Gasteiger partial charge in [0.2, 0.25) is 0 Å². The molecule has 5 heteroatoms. The van der Waals surface area contributed by atoms with E-state index in [1.807, 2.05) is 6.92 Å². The highest BCUT2D eigenvalue weighted by Gasteiger charge is 2.17. The number of ketones is 1. The van der Waals surface area contributed by atoms with Crippen LogP contribution in [0.5, 0.6) is 11.5 Å². The van der Waals surface area contributed by atoms with Gasteiger partial charge >= 0.3 is 0 Å². The summed E-state index contributed by atoms with van der Waals surface area (Å²) in [6, 6.07) is 9.20. The van der Waals surface area contributed by atoms with Crippen LogP contribution in [0, 0.1) is 0 Å². The molecule has 0 bridgehead atoms. The minimum atomic E-state index is -0.365. The molecule has 2 aromatic rings. The highest BCUT2D eigenvalue weighted by atomic mass is 35.5. The summed E-state index contributed by atoms with van der Waals surface area (Å²) in [5.74, 6) is 0.0175. The summed E-state index contributed by atoms with van der Waals surface area (Å²) in [7, 11) is 0. The molecule has 0 aliphatic heterocycles. The van der Waals surface area contributed by atoms with Crippen molar-refractivity contribution in [2.75, 3.05) is 6.61 Å². The van der Waals surface area contributed by atoms with Crippen molar-refractivity contribution in [3.8, 4) is 11.5 Å². The Morgan fingerprint density at radius 1 is 1.14 bits per heavy atom. The molecule has 0 aromatic heterocycles. The lowest BCUT2D eigenvalue weighted by Gasteiger charge is -2.09. The Balaban J connectivity index is 2.31. The van der Waals surface area contributed by atoms with Crippen LogP contribution in [-0.4, -0.2) is 17.5 Å². The van der Waals surface area contributed by atoms with E-state index < -0.39 is 0 Å². The van der Waals surface area contributed by atoms with Gasteiger partial charge in [0.05, 0.1) is 17.2 Å². The summed E-state index contributed by atoms with van der Waals surface area (Å²) < 4.78 is 5.40. The Morgan fingerprint density at radius 2 is 1.86 bits per heavy atom. The molecule has 3 nitrogen and oxygen atoms in total. The smallest absolute Gasteiger partial charge is 0.198 e. The van der Waals surface area contributed by atoms with Crippen LogP contribution in [0.2, 0.25) is 10.0 Å². The van der Waals surface area contributed by atoms with Crippen LogP contribution in [0.4, 0.5) is 0 Å². The van der Waals surface area contributed by atoms with E-state index in [1.54, 1.807) is 12.1 Å². The van der Waals surface area contributed by atoms with Crippen molar-refractivity contribution in [2.24, 2.45) is 0 Å². The number of benzene rings is 2. The number of carbonyl (C=O) groups is 1. The van der Waals surface area contributed by atoms with Gasteiger partial charge in [-0.05, 0) is 36.8 Å². The van der Waals surface area contributed by atoms with Gasteiger partial charge in [0, 0.05) is 16.7 Å². The second-order valence-electron chi connectivity index (χ2n) is 4.48. The summed E-state index contributed by atoms with van der Waals surface area (Å²) in [6.07, 6.45) is 0.863. The zero-order valence-electron chi connectivity index (χ0n) is 11.4. The van der Waals surface area contributed by atoms with Crippen molar-refractivity contribution >= 4 is 29.0 Å². The third-order valence-corrected chi connectivity index (χ3v) is 3.41. The number of phenolic OH excluding ortho intramolecular Hbond substituents is 1. The summed E-state index contributed by atoms with van der Waals surface area (Å²) in [5.41, 5.74) is 0.460. The molecule has 0 saturated carbocycles. The van der Waals surface area contributed by atoms with Crippen molar-refractivity contribution in [3.05, 3.63) is 57.6 Å². The van der Waals surface area contributed by atoms with E-state index in [4.69, 9.17) is 27.9 Å². The Morgan fingerprint density at radius 3 is 2.48 bits per heavy atom. The van der Waals surface area contributed by atoms with Gasteiger partial charge in [-0.2, -0.15) is 0 Å². The molecule has 0 atom stereocenters. The Labute approximate surface area is 133 Å². The van der Waals surface area contributed by atoms with E-state index in [0.717, 1.165) is 6.42 Å². The molecule has 0 unspecified atom stereocenters. The van der Waals surface area contributed by atoms with Gasteiger partial charge in [-0.3, -0.25) is 4.79 Å². The fourth-order valence-electron chi connectivity index (χ4n) is 1.83. The van der Waals surface area contributed by atoms with Crippen molar-refractivity contribution in [2.45, 2.75) is 13.3 Å². The lowest BCUT2D eigenvalue weighted by Crippen LogP contribution is -2.03.